The standard InChI is InChI=1S/C14H12F2O4/c1-7-4-5-8(11(16)10(7)15)6-9-12(17)19-14(2,3)20-13(9)18/h4-6H,1-3H3. The first-order chi connectivity index (χ1) is 9.21. The Kier molecular flexibility index (Phi) is 3.33. The lowest BCUT2D eigenvalue weighted by Crippen LogP contribution is -2.41. The predicted molar refractivity (Wildman–Crippen MR) is 65.3 cm³/mol. The molecule has 0 saturated carbocycles. The fraction of sp³-hybridized carbons (Fsp3) is 0.286. The van der Waals surface area contributed by atoms with Gasteiger partial charge in [-0.2, -0.15) is 0 Å². The molecule has 0 radical (unpaired) electrons. The molecule has 0 amide bonds. The van der Waals surface area contributed by atoms with Gasteiger partial charge in [0.25, 0.3) is 5.79 Å². The highest BCUT2D eigenvalue weighted by molar-refractivity contribution is 6.18. The number of aryl methyl sites for hydroxylation is 1. The zero-order valence-electron chi connectivity index (χ0n) is 11.1. The van der Waals surface area contributed by atoms with Crippen molar-refractivity contribution < 1.29 is 27.8 Å². The van der Waals surface area contributed by atoms with Crippen LogP contribution in [0.3, 0.4) is 0 Å². The van der Waals surface area contributed by atoms with E-state index in [0.29, 0.717) is 0 Å². The number of cyclic esters (lactones) is 2. The molecule has 0 atom stereocenters. The number of esters is 2. The zero-order valence-corrected chi connectivity index (χ0v) is 11.1. The van der Waals surface area contributed by atoms with Gasteiger partial charge < -0.3 is 9.47 Å². The van der Waals surface area contributed by atoms with Crippen LogP contribution in [0.1, 0.15) is 25.0 Å². The number of ether oxygens (including phenoxy) is 2. The highest BCUT2D eigenvalue weighted by Gasteiger charge is 2.39. The molecule has 0 N–H and O–H groups in total. The van der Waals surface area contributed by atoms with E-state index in [4.69, 9.17) is 9.47 Å². The first kappa shape index (κ1) is 14.2. The molecule has 0 spiro atoms. The van der Waals surface area contributed by atoms with Crippen molar-refractivity contribution in [1.29, 1.82) is 0 Å². The summed E-state index contributed by atoms with van der Waals surface area (Å²) in [7, 11) is 0. The fourth-order valence-corrected chi connectivity index (χ4v) is 1.71. The lowest BCUT2D eigenvalue weighted by Gasteiger charge is -2.29. The molecule has 1 aliphatic rings. The van der Waals surface area contributed by atoms with Gasteiger partial charge >= 0.3 is 11.9 Å². The Bertz CT molecular complexity index is 610. The van der Waals surface area contributed by atoms with Crippen LogP contribution in [0.4, 0.5) is 8.78 Å². The number of benzene rings is 1. The van der Waals surface area contributed by atoms with Crippen molar-refractivity contribution in [3.05, 3.63) is 40.5 Å². The van der Waals surface area contributed by atoms with Gasteiger partial charge in [0, 0.05) is 19.4 Å². The molecule has 6 heteroatoms. The average Bonchev–Trinajstić information content (AvgIpc) is 2.32. The first-order valence-corrected chi connectivity index (χ1v) is 5.84. The second-order valence-electron chi connectivity index (χ2n) is 4.84. The maximum Gasteiger partial charge on any atom is 0.348 e. The van der Waals surface area contributed by atoms with E-state index in [2.05, 4.69) is 0 Å². The quantitative estimate of drug-likeness (QED) is 0.451. The first-order valence-electron chi connectivity index (χ1n) is 5.84. The summed E-state index contributed by atoms with van der Waals surface area (Å²) in [5.74, 6) is -5.42. The smallest absolute Gasteiger partial charge is 0.348 e. The molecule has 1 heterocycles. The second kappa shape index (κ2) is 4.70. The van der Waals surface area contributed by atoms with Crippen LogP contribution in [0.25, 0.3) is 6.08 Å². The number of hydrogen-bond acceptors (Lipinski definition) is 4. The molecule has 0 unspecified atom stereocenters. The van der Waals surface area contributed by atoms with E-state index in [-0.39, 0.29) is 11.1 Å². The van der Waals surface area contributed by atoms with E-state index in [1.165, 1.54) is 32.9 Å². The number of halogens is 2. The molecular weight excluding hydrogens is 270 g/mol. The SMILES string of the molecule is Cc1ccc(C=C2C(=O)OC(C)(C)OC2=O)c(F)c1F. The predicted octanol–water partition coefficient (Wildman–Crippen LogP) is 2.49. The molecule has 1 aliphatic heterocycles. The minimum absolute atomic E-state index is 0.125. The molecule has 1 aromatic carbocycles. The molecule has 106 valence electrons. The van der Waals surface area contributed by atoms with Gasteiger partial charge in [0.15, 0.2) is 11.6 Å². The molecule has 0 aromatic heterocycles. The topological polar surface area (TPSA) is 52.6 Å². The van der Waals surface area contributed by atoms with Crippen molar-refractivity contribution in [3.8, 4) is 0 Å². The number of carbonyl (C=O) groups is 2. The summed E-state index contributed by atoms with van der Waals surface area (Å²) in [4.78, 5) is 23.4. The Morgan fingerprint density at radius 1 is 1.05 bits per heavy atom. The summed E-state index contributed by atoms with van der Waals surface area (Å²) in [6.07, 6.45) is 0.914. The molecule has 1 fully saturated rings. The second-order valence-corrected chi connectivity index (χ2v) is 4.84. The third-order valence-electron chi connectivity index (χ3n) is 2.72. The van der Waals surface area contributed by atoms with E-state index in [0.717, 1.165) is 6.08 Å². The van der Waals surface area contributed by atoms with E-state index in [1.807, 2.05) is 0 Å². The van der Waals surface area contributed by atoms with Crippen molar-refractivity contribution >= 4 is 18.0 Å². The Hall–Kier alpha value is -2.24. The van der Waals surface area contributed by atoms with Gasteiger partial charge in [-0.15, -0.1) is 0 Å². The van der Waals surface area contributed by atoms with Crippen molar-refractivity contribution in [2.45, 2.75) is 26.6 Å². The Morgan fingerprint density at radius 2 is 1.60 bits per heavy atom. The van der Waals surface area contributed by atoms with Crippen molar-refractivity contribution in [1.82, 2.24) is 0 Å². The van der Waals surface area contributed by atoms with Gasteiger partial charge in [-0.05, 0) is 18.6 Å². The van der Waals surface area contributed by atoms with Crippen molar-refractivity contribution in [2.24, 2.45) is 0 Å². The minimum atomic E-state index is -1.37. The molecule has 4 nitrogen and oxygen atoms in total. The van der Waals surface area contributed by atoms with Crippen LogP contribution in [0, 0.1) is 18.6 Å². The molecule has 1 aromatic rings. The van der Waals surface area contributed by atoms with Crippen LogP contribution >= 0.6 is 0 Å². The fourth-order valence-electron chi connectivity index (χ4n) is 1.71. The van der Waals surface area contributed by atoms with Crippen LogP contribution in [0.2, 0.25) is 0 Å². The van der Waals surface area contributed by atoms with E-state index in [9.17, 15) is 18.4 Å². The average molecular weight is 282 g/mol. The monoisotopic (exact) mass is 282 g/mol. The summed E-state index contributed by atoms with van der Waals surface area (Å²) in [6, 6.07) is 2.61. The van der Waals surface area contributed by atoms with Crippen molar-refractivity contribution in [3.63, 3.8) is 0 Å². The lowest BCUT2D eigenvalue weighted by atomic mass is 10.1. The minimum Gasteiger partial charge on any atom is -0.419 e. The molecule has 0 aliphatic carbocycles. The van der Waals surface area contributed by atoms with E-state index in [1.54, 1.807) is 0 Å². The molecular formula is C14H12F2O4. The van der Waals surface area contributed by atoms with E-state index >= 15 is 0 Å². The van der Waals surface area contributed by atoms with Gasteiger partial charge in [-0.25, -0.2) is 18.4 Å². The summed E-state index contributed by atoms with van der Waals surface area (Å²) in [6.45, 7) is 4.19. The third kappa shape index (κ3) is 2.54. The number of hydrogen-bond donors (Lipinski definition) is 0. The van der Waals surface area contributed by atoms with Crippen LogP contribution < -0.4 is 0 Å². The summed E-state index contributed by atoms with van der Waals surface area (Å²) >= 11 is 0. The van der Waals surface area contributed by atoms with Crippen LogP contribution in [-0.2, 0) is 19.1 Å². The Morgan fingerprint density at radius 3 is 2.15 bits per heavy atom. The van der Waals surface area contributed by atoms with Gasteiger partial charge in [0.2, 0.25) is 0 Å². The number of rotatable bonds is 1. The normalized spacial score (nSPS) is 17.6. The molecule has 2 rings (SSSR count). The highest BCUT2D eigenvalue weighted by Crippen LogP contribution is 2.25. The third-order valence-corrected chi connectivity index (χ3v) is 2.72. The van der Waals surface area contributed by atoms with Gasteiger partial charge in [0.1, 0.15) is 5.57 Å². The summed E-state index contributed by atoms with van der Waals surface area (Å²) < 4.78 is 36.8. The van der Waals surface area contributed by atoms with Crippen LogP contribution in [0.15, 0.2) is 17.7 Å². The largest absolute Gasteiger partial charge is 0.419 e. The molecule has 20 heavy (non-hydrogen) atoms. The Labute approximate surface area is 114 Å². The summed E-state index contributed by atoms with van der Waals surface area (Å²) in [5.41, 5.74) is -0.581. The van der Waals surface area contributed by atoms with Crippen molar-refractivity contribution in [2.75, 3.05) is 0 Å². The molecule has 0 bridgehead atoms. The summed E-state index contributed by atoms with van der Waals surface area (Å²) in [5, 5.41) is 0. The lowest BCUT2D eigenvalue weighted by molar-refractivity contribution is -0.222. The highest BCUT2D eigenvalue weighted by atomic mass is 19.2. The maximum atomic E-state index is 13.7. The maximum absolute atomic E-state index is 13.7. The van der Waals surface area contributed by atoms with E-state index < -0.39 is 34.9 Å². The van der Waals surface area contributed by atoms with Gasteiger partial charge in [0.05, 0.1) is 0 Å². The van der Waals surface area contributed by atoms with Gasteiger partial charge in [-0.1, -0.05) is 12.1 Å². The van der Waals surface area contributed by atoms with Crippen LogP contribution in [-0.4, -0.2) is 17.7 Å². The van der Waals surface area contributed by atoms with Crippen LogP contribution in [0.5, 0.6) is 0 Å². The zero-order chi connectivity index (χ0) is 15.1. The van der Waals surface area contributed by atoms with Gasteiger partial charge in [-0.3, -0.25) is 0 Å². The Balaban J connectivity index is 2.44. The number of carbonyl (C=O) groups excluding carboxylic acids is 2. The molecule has 1 saturated heterocycles.